The summed E-state index contributed by atoms with van der Waals surface area (Å²) in [7, 11) is 1.57. The minimum atomic E-state index is -0.279. The number of methoxy groups -OCH3 is 1. The van der Waals surface area contributed by atoms with Gasteiger partial charge in [-0.15, -0.1) is 0 Å². The van der Waals surface area contributed by atoms with Gasteiger partial charge in [0.15, 0.2) is 11.5 Å². The first-order valence-electron chi connectivity index (χ1n) is 7.03. The molecule has 1 aliphatic rings. The summed E-state index contributed by atoms with van der Waals surface area (Å²) in [5, 5.41) is 5.74. The van der Waals surface area contributed by atoms with Crippen LogP contribution in [-0.4, -0.2) is 42.9 Å². The predicted octanol–water partition coefficient (Wildman–Crippen LogP) is 1.33. The number of hydrogen-bond acceptors (Lipinski definition) is 7. The topological polar surface area (TPSA) is 94.6 Å². The number of fused-ring (bicyclic) bond motifs is 1. The summed E-state index contributed by atoms with van der Waals surface area (Å²) >= 11 is 0. The Balaban J connectivity index is 1.69. The summed E-state index contributed by atoms with van der Waals surface area (Å²) in [6.07, 6.45) is 1.52. The van der Waals surface area contributed by atoms with Gasteiger partial charge >= 0.3 is 0 Å². The van der Waals surface area contributed by atoms with E-state index in [0.717, 1.165) is 5.69 Å². The number of hydrogen-bond donors (Lipinski definition) is 2. The van der Waals surface area contributed by atoms with Gasteiger partial charge in [-0.1, -0.05) is 0 Å². The van der Waals surface area contributed by atoms with Crippen molar-refractivity contribution < 1.29 is 19.0 Å². The van der Waals surface area contributed by atoms with Gasteiger partial charge in [-0.2, -0.15) is 0 Å². The molecule has 0 bridgehead atoms. The second kappa shape index (κ2) is 6.93. The number of nitrogens with one attached hydrogen (secondary N) is 2. The van der Waals surface area contributed by atoms with Crippen molar-refractivity contribution in [1.29, 1.82) is 0 Å². The minimum absolute atomic E-state index is 0.215. The zero-order chi connectivity index (χ0) is 16.1. The van der Waals surface area contributed by atoms with Gasteiger partial charge in [-0.3, -0.25) is 4.79 Å². The monoisotopic (exact) mass is 316 g/mol. The molecule has 0 unspecified atom stereocenters. The molecule has 1 amide bonds. The molecule has 2 heterocycles. The summed E-state index contributed by atoms with van der Waals surface area (Å²) in [4.78, 5) is 20.3. The number of anilines is 2. The molecule has 2 aromatic rings. The first kappa shape index (κ1) is 15.0. The molecule has 0 aliphatic carbocycles. The van der Waals surface area contributed by atoms with Gasteiger partial charge in [0, 0.05) is 31.6 Å². The van der Waals surface area contributed by atoms with Crippen LogP contribution in [0.15, 0.2) is 30.5 Å². The molecule has 8 heteroatoms. The number of ether oxygens (including phenoxy) is 3. The molecule has 2 N–H and O–H groups in total. The van der Waals surface area contributed by atoms with Crippen LogP contribution in [0.5, 0.6) is 11.5 Å². The Morgan fingerprint density at radius 1 is 1.30 bits per heavy atom. The quantitative estimate of drug-likeness (QED) is 0.776. The normalized spacial score (nSPS) is 12.0. The van der Waals surface area contributed by atoms with E-state index in [-0.39, 0.29) is 18.4 Å². The molecule has 1 aromatic heterocycles. The third-order valence-electron chi connectivity index (χ3n) is 3.11. The molecular formula is C15H16N4O4. The smallest absolute Gasteiger partial charge is 0.270 e. The van der Waals surface area contributed by atoms with Crippen LogP contribution in [0.3, 0.4) is 0 Å². The van der Waals surface area contributed by atoms with Gasteiger partial charge in [-0.05, 0) is 18.2 Å². The third-order valence-corrected chi connectivity index (χ3v) is 3.11. The highest BCUT2D eigenvalue weighted by Crippen LogP contribution is 2.34. The summed E-state index contributed by atoms with van der Waals surface area (Å²) in [5.41, 5.74) is 1.02. The molecule has 8 nitrogen and oxygen atoms in total. The van der Waals surface area contributed by atoms with Crippen molar-refractivity contribution in [2.45, 2.75) is 0 Å². The summed E-state index contributed by atoms with van der Waals surface area (Å²) in [6.45, 7) is 1.08. The van der Waals surface area contributed by atoms with Crippen molar-refractivity contribution in [2.24, 2.45) is 0 Å². The Morgan fingerprint density at radius 2 is 2.17 bits per heavy atom. The summed E-state index contributed by atoms with van der Waals surface area (Å²) in [6, 6.07) is 6.96. The molecule has 0 radical (unpaired) electrons. The fourth-order valence-electron chi connectivity index (χ4n) is 2.01. The molecule has 0 spiro atoms. The van der Waals surface area contributed by atoms with E-state index >= 15 is 0 Å². The van der Waals surface area contributed by atoms with Crippen molar-refractivity contribution in [1.82, 2.24) is 15.3 Å². The second-order valence-electron chi connectivity index (χ2n) is 4.71. The van der Waals surface area contributed by atoms with E-state index < -0.39 is 0 Å². The van der Waals surface area contributed by atoms with Crippen LogP contribution in [0.25, 0.3) is 0 Å². The molecular weight excluding hydrogens is 300 g/mol. The number of nitrogens with zero attached hydrogens (tertiary/aromatic N) is 2. The van der Waals surface area contributed by atoms with Gasteiger partial charge in [0.1, 0.15) is 5.69 Å². The fraction of sp³-hybridized carbons (Fsp3) is 0.267. The summed E-state index contributed by atoms with van der Waals surface area (Å²) < 4.78 is 15.5. The van der Waals surface area contributed by atoms with Crippen LogP contribution < -0.4 is 20.1 Å². The van der Waals surface area contributed by atoms with E-state index in [1.807, 2.05) is 6.07 Å². The van der Waals surface area contributed by atoms with E-state index in [1.54, 1.807) is 25.3 Å². The lowest BCUT2D eigenvalue weighted by atomic mass is 10.3. The van der Waals surface area contributed by atoms with Crippen LogP contribution in [0, 0.1) is 0 Å². The molecule has 3 rings (SSSR count). The maximum absolute atomic E-state index is 12.0. The zero-order valence-corrected chi connectivity index (χ0v) is 12.5. The van der Waals surface area contributed by atoms with Crippen molar-refractivity contribution in [3.05, 3.63) is 36.2 Å². The highest BCUT2D eigenvalue weighted by atomic mass is 16.7. The third kappa shape index (κ3) is 3.67. The fourth-order valence-corrected chi connectivity index (χ4v) is 2.01. The Morgan fingerprint density at radius 3 is 3.04 bits per heavy atom. The van der Waals surface area contributed by atoms with Crippen molar-refractivity contribution in [3.63, 3.8) is 0 Å². The standard InChI is InChI=1S/C15H16N4O4/c1-21-7-6-16-14(20)11-4-5-17-15(19-11)18-10-2-3-12-13(8-10)23-9-22-12/h2-5,8H,6-7,9H2,1H3,(H,16,20)(H,17,18,19). The lowest BCUT2D eigenvalue weighted by Crippen LogP contribution is -2.27. The number of amides is 1. The Labute approximate surface area is 132 Å². The predicted molar refractivity (Wildman–Crippen MR) is 82.1 cm³/mol. The van der Waals surface area contributed by atoms with Crippen molar-refractivity contribution >= 4 is 17.5 Å². The number of carbonyl (C=O) groups is 1. The molecule has 23 heavy (non-hydrogen) atoms. The SMILES string of the molecule is COCCNC(=O)c1ccnc(Nc2ccc3c(c2)OCO3)n1. The largest absolute Gasteiger partial charge is 0.454 e. The molecule has 0 saturated heterocycles. The first-order chi connectivity index (χ1) is 11.3. The van der Waals surface area contributed by atoms with E-state index in [2.05, 4.69) is 20.6 Å². The highest BCUT2D eigenvalue weighted by Gasteiger charge is 2.14. The zero-order valence-electron chi connectivity index (χ0n) is 12.5. The lowest BCUT2D eigenvalue weighted by Gasteiger charge is -2.07. The van der Waals surface area contributed by atoms with Gasteiger partial charge in [-0.25, -0.2) is 9.97 Å². The van der Waals surface area contributed by atoms with Gasteiger partial charge in [0.2, 0.25) is 12.7 Å². The van der Waals surface area contributed by atoms with E-state index in [4.69, 9.17) is 14.2 Å². The Bertz CT molecular complexity index is 708. The minimum Gasteiger partial charge on any atom is -0.454 e. The van der Waals surface area contributed by atoms with Crippen LogP contribution in [0.4, 0.5) is 11.6 Å². The van der Waals surface area contributed by atoms with Gasteiger partial charge in [0.05, 0.1) is 6.61 Å². The van der Waals surface area contributed by atoms with Crippen molar-refractivity contribution in [3.8, 4) is 11.5 Å². The highest BCUT2D eigenvalue weighted by molar-refractivity contribution is 5.92. The van der Waals surface area contributed by atoms with Crippen LogP contribution in [0.1, 0.15) is 10.5 Å². The number of benzene rings is 1. The molecule has 1 aliphatic heterocycles. The van der Waals surface area contributed by atoms with Crippen molar-refractivity contribution in [2.75, 3.05) is 32.4 Å². The number of carbonyl (C=O) groups excluding carboxylic acids is 1. The maximum Gasteiger partial charge on any atom is 0.270 e. The lowest BCUT2D eigenvalue weighted by molar-refractivity contribution is 0.0932. The average Bonchev–Trinajstić information content (AvgIpc) is 3.03. The molecule has 120 valence electrons. The van der Waals surface area contributed by atoms with E-state index in [1.165, 1.54) is 6.20 Å². The molecule has 0 fully saturated rings. The molecule has 1 aromatic carbocycles. The molecule has 0 atom stereocenters. The molecule has 0 saturated carbocycles. The Hall–Kier alpha value is -2.87. The average molecular weight is 316 g/mol. The first-order valence-corrected chi connectivity index (χ1v) is 7.03. The van der Waals surface area contributed by atoms with Crippen LogP contribution >= 0.6 is 0 Å². The van der Waals surface area contributed by atoms with E-state index in [0.29, 0.717) is 30.6 Å². The van der Waals surface area contributed by atoms with E-state index in [9.17, 15) is 4.79 Å². The maximum atomic E-state index is 12.0. The van der Waals surface area contributed by atoms with Crippen LogP contribution in [-0.2, 0) is 4.74 Å². The summed E-state index contributed by atoms with van der Waals surface area (Å²) in [5.74, 6) is 1.40. The Kier molecular flexibility index (Phi) is 4.53. The van der Waals surface area contributed by atoms with Crippen LogP contribution in [0.2, 0.25) is 0 Å². The second-order valence-corrected chi connectivity index (χ2v) is 4.71. The van der Waals surface area contributed by atoms with Gasteiger partial charge in [0.25, 0.3) is 5.91 Å². The number of aromatic nitrogens is 2. The van der Waals surface area contributed by atoms with Gasteiger partial charge < -0.3 is 24.8 Å². The number of rotatable bonds is 6.